The normalized spacial score (nSPS) is 13.8. The molecule has 0 radical (unpaired) electrons. The van der Waals surface area contributed by atoms with Gasteiger partial charge < -0.3 is 11.1 Å². The van der Waals surface area contributed by atoms with E-state index in [1.807, 2.05) is 19.9 Å². The van der Waals surface area contributed by atoms with Crippen LogP contribution in [0.4, 0.5) is 0 Å². The van der Waals surface area contributed by atoms with E-state index >= 15 is 0 Å². The van der Waals surface area contributed by atoms with Crippen molar-refractivity contribution in [1.29, 1.82) is 0 Å². The summed E-state index contributed by atoms with van der Waals surface area (Å²) in [5, 5.41) is 2.67. The van der Waals surface area contributed by atoms with E-state index in [1.54, 1.807) is 24.3 Å². The fraction of sp³-hybridized carbons (Fsp3) is 0.385. The lowest BCUT2D eigenvalue weighted by atomic mass is 9.98. The molecule has 2 amide bonds. The molecule has 1 aromatic rings. The van der Waals surface area contributed by atoms with Crippen molar-refractivity contribution in [2.75, 3.05) is 0 Å². The summed E-state index contributed by atoms with van der Waals surface area (Å²) in [5.74, 6) is -0.738. The van der Waals surface area contributed by atoms with E-state index in [1.165, 1.54) is 0 Å². The summed E-state index contributed by atoms with van der Waals surface area (Å²) in [6.07, 6.45) is 0.780. The highest BCUT2D eigenvalue weighted by molar-refractivity contribution is 5.97. The number of rotatable bonds is 5. The number of primary amides is 1. The molecule has 3 N–H and O–H groups in total. The molecular formula is C13H18N2O2. The van der Waals surface area contributed by atoms with E-state index in [0.717, 1.165) is 6.42 Å². The number of benzene rings is 1. The summed E-state index contributed by atoms with van der Waals surface area (Å²) in [4.78, 5) is 23.1. The average Bonchev–Trinajstić information content (AvgIpc) is 2.35. The van der Waals surface area contributed by atoms with Gasteiger partial charge in [-0.05, 0) is 18.1 Å². The molecule has 0 aromatic heterocycles. The Balaban J connectivity index is 2.75. The van der Waals surface area contributed by atoms with Gasteiger partial charge in [-0.3, -0.25) is 9.59 Å². The highest BCUT2D eigenvalue weighted by atomic mass is 16.2. The zero-order valence-corrected chi connectivity index (χ0v) is 10.1. The molecule has 0 fully saturated rings. The van der Waals surface area contributed by atoms with Crippen LogP contribution in [0.3, 0.4) is 0 Å². The predicted octanol–water partition coefficient (Wildman–Crippen LogP) is 1.32. The minimum Gasteiger partial charge on any atom is -0.368 e. The molecule has 0 saturated carbocycles. The van der Waals surface area contributed by atoms with Gasteiger partial charge in [0.1, 0.15) is 6.04 Å². The van der Waals surface area contributed by atoms with Crippen molar-refractivity contribution in [3.8, 4) is 0 Å². The first-order valence-electron chi connectivity index (χ1n) is 5.71. The Morgan fingerprint density at radius 1 is 1.29 bits per heavy atom. The maximum atomic E-state index is 11.9. The third-order valence-electron chi connectivity index (χ3n) is 2.84. The second-order valence-electron chi connectivity index (χ2n) is 4.11. The molecule has 0 spiro atoms. The third kappa shape index (κ3) is 3.59. The molecule has 0 unspecified atom stereocenters. The minimum atomic E-state index is -0.618. The van der Waals surface area contributed by atoms with E-state index in [0.29, 0.717) is 5.56 Å². The van der Waals surface area contributed by atoms with Crippen LogP contribution in [0.5, 0.6) is 0 Å². The number of carbonyl (C=O) groups is 2. The Labute approximate surface area is 101 Å². The van der Waals surface area contributed by atoms with Crippen molar-refractivity contribution in [1.82, 2.24) is 5.32 Å². The van der Waals surface area contributed by atoms with Crippen LogP contribution >= 0.6 is 0 Å². The lowest BCUT2D eigenvalue weighted by Gasteiger charge is -2.21. The van der Waals surface area contributed by atoms with E-state index in [4.69, 9.17) is 5.73 Å². The number of hydrogen-bond donors (Lipinski definition) is 2. The molecule has 4 nitrogen and oxygen atoms in total. The summed E-state index contributed by atoms with van der Waals surface area (Å²) < 4.78 is 0. The number of amides is 2. The lowest BCUT2D eigenvalue weighted by Crippen LogP contribution is -2.48. The van der Waals surface area contributed by atoms with Gasteiger partial charge in [0.15, 0.2) is 0 Å². The van der Waals surface area contributed by atoms with Crippen molar-refractivity contribution in [2.24, 2.45) is 11.7 Å². The van der Waals surface area contributed by atoms with Crippen LogP contribution in [0, 0.1) is 5.92 Å². The van der Waals surface area contributed by atoms with E-state index < -0.39 is 11.9 Å². The monoisotopic (exact) mass is 234 g/mol. The fourth-order valence-electron chi connectivity index (χ4n) is 1.54. The molecule has 92 valence electrons. The molecule has 0 aliphatic carbocycles. The van der Waals surface area contributed by atoms with Gasteiger partial charge >= 0.3 is 0 Å². The molecule has 1 rings (SSSR count). The van der Waals surface area contributed by atoms with Gasteiger partial charge in [0.05, 0.1) is 0 Å². The smallest absolute Gasteiger partial charge is 0.251 e. The second kappa shape index (κ2) is 6.03. The highest BCUT2D eigenvalue weighted by Gasteiger charge is 2.23. The highest BCUT2D eigenvalue weighted by Crippen LogP contribution is 2.08. The van der Waals surface area contributed by atoms with Crippen LogP contribution < -0.4 is 11.1 Å². The van der Waals surface area contributed by atoms with Crippen molar-refractivity contribution >= 4 is 11.8 Å². The van der Waals surface area contributed by atoms with Gasteiger partial charge in [0.2, 0.25) is 5.91 Å². The van der Waals surface area contributed by atoms with Crippen LogP contribution in [0.25, 0.3) is 0 Å². The number of nitrogens with one attached hydrogen (secondary N) is 1. The Bertz CT molecular complexity index is 390. The quantitative estimate of drug-likeness (QED) is 0.806. The number of carbonyl (C=O) groups excluding carboxylic acids is 2. The molecule has 17 heavy (non-hydrogen) atoms. The molecule has 2 atom stereocenters. The van der Waals surface area contributed by atoms with E-state index in [-0.39, 0.29) is 11.8 Å². The molecule has 0 bridgehead atoms. The van der Waals surface area contributed by atoms with Gasteiger partial charge in [-0.15, -0.1) is 0 Å². The van der Waals surface area contributed by atoms with E-state index in [9.17, 15) is 9.59 Å². The van der Waals surface area contributed by atoms with Gasteiger partial charge in [0.25, 0.3) is 5.91 Å². The van der Waals surface area contributed by atoms with Crippen molar-refractivity contribution < 1.29 is 9.59 Å². The topological polar surface area (TPSA) is 72.2 Å². The van der Waals surface area contributed by atoms with Crippen LogP contribution in [0.1, 0.15) is 30.6 Å². The maximum absolute atomic E-state index is 11.9. The third-order valence-corrected chi connectivity index (χ3v) is 2.84. The fourth-order valence-corrected chi connectivity index (χ4v) is 1.54. The zero-order valence-electron chi connectivity index (χ0n) is 10.1. The van der Waals surface area contributed by atoms with Crippen molar-refractivity contribution in [2.45, 2.75) is 26.3 Å². The summed E-state index contributed by atoms with van der Waals surface area (Å²) in [5.41, 5.74) is 5.82. The standard InChI is InChI=1S/C13H18N2O2/c1-3-9(2)11(12(14)16)15-13(17)10-7-5-4-6-8-10/h4-9,11H,3H2,1-2H3,(H2,14,16)(H,15,17)/t9-,11+/m0/s1. The van der Waals surface area contributed by atoms with Gasteiger partial charge in [-0.25, -0.2) is 0 Å². The maximum Gasteiger partial charge on any atom is 0.251 e. The van der Waals surface area contributed by atoms with Gasteiger partial charge in [-0.1, -0.05) is 38.5 Å². The first-order valence-corrected chi connectivity index (χ1v) is 5.71. The lowest BCUT2D eigenvalue weighted by molar-refractivity contribution is -0.120. The predicted molar refractivity (Wildman–Crippen MR) is 66.3 cm³/mol. The molecule has 0 heterocycles. The largest absolute Gasteiger partial charge is 0.368 e. The Kier molecular flexibility index (Phi) is 4.69. The molecular weight excluding hydrogens is 216 g/mol. The number of nitrogens with two attached hydrogens (primary N) is 1. The first kappa shape index (κ1) is 13.2. The first-order chi connectivity index (χ1) is 8.06. The Morgan fingerprint density at radius 3 is 2.35 bits per heavy atom. The summed E-state index contributed by atoms with van der Waals surface area (Å²) >= 11 is 0. The summed E-state index contributed by atoms with van der Waals surface area (Å²) in [6, 6.07) is 8.16. The van der Waals surface area contributed by atoms with Crippen molar-refractivity contribution in [3.05, 3.63) is 35.9 Å². The van der Waals surface area contributed by atoms with Crippen molar-refractivity contribution in [3.63, 3.8) is 0 Å². The summed E-state index contributed by atoms with van der Waals surface area (Å²) in [7, 11) is 0. The van der Waals surface area contributed by atoms with Crippen LogP contribution in [-0.2, 0) is 4.79 Å². The molecule has 0 aliphatic heterocycles. The minimum absolute atomic E-state index is 0.0279. The Hall–Kier alpha value is -1.84. The Morgan fingerprint density at radius 2 is 1.88 bits per heavy atom. The van der Waals surface area contributed by atoms with Gasteiger partial charge in [-0.2, -0.15) is 0 Å². The van der Waals surface area contributed by atoms with Crippen LogP contribution in [-0.4, -0.2) is 17.9 Å². The second-order valence-corrected chi connectivity index (χ2v) is 4.11. The van der Waals surface area contributed by atoms with Crippen LogP contribution in [0.2, 0.25) is 0 Å². The molecule has 0 aliphatic rings. The van der Waals surface area contributed by atoms with Crippen LogP contribution in [0.15, 0.2) is 30.3 Å². The number of hydrogen-bond acceptors (Lipinski definition) is 2. The average molecular weight is 234 g/mol. The SMILES string of the molecule is CC[C@H](C)[C@@H](NC(=O)c1ccccc1)C(N)=O. The molecule has 0 saturated heterocycles. The zero-order chi connectivity index (χ0) is 12.8. The summed E-state index contributed by atoms with van der Waals surface area (Å²) in [6.45, 7) is 3.84. The molecule has 1 aromatic carbocycles. The van der Waals surface area contributed by atoms with Gasteiger partial charge in [0, 0.05) is 5.56 Å². The molecule has 4 heteroatoms. The van der Waals surface area contributed by atoms with E-state index in [2.05, 4.69) is 5.32 Å².